The van der Waals surface area contributed by atoms with Crippen molar-refractivity contribution in [3.8, 4) is 0 Å². The Hall–Kier alpha value is -1.00. The molecule has 4 heteroatoms. The summed E-state index contributed by atoms with van der Waals surface area (Å²) in [5.41, 5.74) is 3.84. The van der Waals surface area contributed by atoms with Gasteiger partial charge in [0, 0.05) is 38.0 Å². The van der Waals surface area contributed by atoms with Gasteiger partial charge in [-0.15, -0.1) is 0 Å². The largest absolute Gasteiger partial charge is 0.312 e. The van der Waals surface area contributed by atoms with E-state index in [1.807, 2.05) is 0 Å². The molecule has 0 bridgehead atoms. The number of nitrogens with zero attached hydrogens (tertiary/aromatic N) is 3. The Morgan fingerprint density at radius 2 is 2.06 bits per heavy atom. The average molecular weight is 248 g/mol. The van der Waals surface area contributed by atoms with Crippen molar-refractivity contribution in [1.29, 1.82) is 0 Å². The van der Waals surface area contributed by atoms with Crippen LogP contribution in [0.2, 0.25) is 0 Å². The maximum Gasteiger partial charge on any atom is 0.130 e. The monoisotopic (exact) mass is 248 g/mol. The summed E-state index contributed by atoms with van der Waals surface area (Å²) in [6.07, 6.45) is 1.97. The van der Waals surface area contributed by atoms with Gasteiger partial charge in [-0.05, 0) is 20.0 Å². The average Bonchev–Trinajstić information content (AvgIpc) is 2.35. The molecule has 2 rings (SSSR count). The van der Waals surface area contributed by atoms with Crippen LogP contribution in [0.15, 0.2) is 0 Å². The quantitative estimate of drug-likeness (QED) is 0.873. The number of nitrogens with one attached hydrogen (secondary N) is 1. The first-order valence-electron chi connectivity index (χ1n) is 6.82. The van der Waals surface area contributed by atoms with E-state index in [0.29, 0.717) is 5.92 Å². The van der Waals surface area contributed by atoms with Gasteiger partial charge in [0.1, 0.15) is 5.82 Å². The highest BCUT2D eigenvalue weighted by molar-refractivity contribution is 5.30. The number of hydrogen-bond donors (Lipinski definition) is 1. The van der Waals surface area contributed by atoms with Crippen LogP contribution in [0, 0.1) is 0 Å². The molecule has 1 aliphatic rings. The molecule has 100 valence electrons. The standard InChI is InChI=1S/C14H24N4/c1-10(2)14-11-9-15-7-5-12(11)16-13(17-14)6-8-18(3)4/h10,15H,5-9H2,1-4H3. The summed E-state index contributed by atoms with van der Waals surface area (Å²) in [6, 6.07) is 0. The fourth-order valence-electron chi connectivity index (χ4n) is 2.34. The SMILES string of the molecule is CC(C)c1nc(CCN(C)C)nc2c1CNCC2. The molecule has 0 fully saturated rings. The molecular weight excluding hydrogens is 224 g/mol. The van der Waals surface area contributed by atoms with Crippen molar-refractivity contribution in [2.75, 3.05) is 27.2 Å². The molecule has 0 aromatic carbocycles. The number of likely N-dealkylation sites (N-methyl/N-ethyl adjacent to an activating group) is 1. The van der Waals surface area contributed by atoms with Crippen molar-refractivity contribution in [3.05, 3.63) is 22.8 Å². The Morgan fingerprint density at radius 3 is 2.72 bits per heavy atom. The summed E-state index contributed by atoms with van der Waals surface area (Å²) in [6.45, 7) is 7.40. The zero-order valence-electron chi connectivity index (χ0n) is 12.0. The number of rotatable bonds is 4. The first-order valence-corrected chi connectivity index (χ1v) is 6.82. The van der Waals surface area contributed by atoms with E-state index in [9.17, 15) is 0 Å². The van der Waals surface area contributed by atoms with Crippen molar-refractivity contribution in [2.24, 2.45) is 0 Å². The van der Waals surface area contributed by atoms with Crippen LogP contribution < -0.4 is 5.32 Å². The Kier molecular flexibility index (Phi) is 4.30. The lowest BCUT2D eigenvalue weighted by molar-refractivity contribution is 0.408. The molecule has 1 aromatic heterocycles. The van der Waals surface area contributed by atoms with Crippen molar-refractivity contribution in [2.45, 2.75) is 39.2 Å². The second-order valence-electron chi connectivity index (χ2n) is 5.59. The molecule has 0 saturated carbocycles. The Bertz CT molecular complexity index is 413. The molecule has 0 amide bonds. The summed E-state index contributed by atoms with van der Waals surface area (Å²) in [5.74, 6) is 1.48. The molecule has 0 aliphatic carbocycles. The van der Waals surface area contributed by atoms with Gasteiger partial charge in [0.25, 0.3) is 0 Å². The molecule has 18 heavy (non-hydrogen) atoms. The van der Waals surface area contributed by atoms with Gasteiger partial charge in [-0.1, -0.05) is 13.8 Å². The first kappa shape index (κ1) is 13.4. The smallest absolute Gasteiger partial charge is 0.130 e. The number of hydrogen-bond acceptors (Lipinski definition) is 4. The van der Waals surface area contributed by atoms with E-state index in [4.69, 9.17) is 9.97 Å². The maximum atomic E-state index is 4.78. The predicted octanol–water partition coefficient (Wildman–Crippen LogP) is 1.35. The van der Waals surface area contributed by atoms with Gasteiger partial charge in [-0.3, -0.25) is 0 Å². The zero-order valence-corrected chi connectivity index (χ0v) is 12.0. The molecule has 0 unspecified atom stereocenters. The molecule has 0 spiro atoms. The van der Waals surface area contributed by atoms with E-state index >= 15 is 0 Å². The lowest BCUT2D eigenvalue weighted by Crippen LogP contribution is -2.28. The Balaban J connectivity index is 2.29. The van der Waals surface area contributed by atoms with E-state index in [2.05, 4.69) is 38.2 Å². The Morgan fingerprint density at radius 1 is 1.28 bits per heavy atom. The summed E-state index contributed by atoms with van der Waals surface area (Å²) < 4.78 is 0. The summed E-state index contributed by atoms with van der Waals surface area (Å²) in [7, 11) is 4.18. The van der Waals surface area contributed by atoms with Gasteiger partial charge in [-0.25, -0.2) is 9.97 Å². The van der Waals surface area contributed by atoms with E-state index in [1.165, 1.54) is 17.0 Å². The molecule has 1 N–H and O–H groups in total. The molecule has 0 atom stereocenters. The molecule has 0 saturated heterocycles. The van der Waals surface area contributed by atoms with Crippen LogP contribution in [0.1, 0.15) is 42.5 Å². The number of aromatic nitrogens is 2. The van der Waals surface area contributed by atoms with Gasteiger partial charge >= 0.3 is 0 Å². The molecule has 2 heterocycles. The lowest BCUT2D eigenvalue weighted by atomic mass is 9.98. The minimum absolute atomic E-state index is 0.472. The fourth-order valence-corrected chi connectivity index (χ4v) is 2.34. The minimum atomic E-state index is 0.472. The van der Waals surface area contributed by atoms with E-state index in [-0.39, 0.29) is 0 Å². The van der Waals surface area contributed by atoms with Crippen molar-refractivity contribution in [3.63, 3.8) is 0 Å². The Labute approximate surface area is 110 Å². The van der Waals surface area contributed by atoms with Crippen LogP contribution >= 0.6 is 0 Å². The summed E-state index contributed by atoms with van der Waals surface area (Å²) >= 11 is 0. The van der Waals surface area contributed by atoms with Crippen LogP contribution in [-0.4, -0.2) is 42.1 Å². The van der Waals surface area contributed by atoms with Gasteiger partial charge in [0.05, 0.1) is 11.4 Å². The topological polar surface area (TPSA) is 41.1 Å². The second kappa shape index (κ2) is 5.76. The minimum Gasteiger partial charge on any atom is -0.312 e. The normalized spacial score (nSPS) is 15.2. The molecule has 1 aliphatic heterocycles. The van der Waals surface area contributed by atoms with Gasteiger partial charge in [0.2, 0.25) is 0 Å². The summed E-state index contributed by atoms with van der Waals surface area (Å²) in [5, 5.41) is 3.42. The van der Waals surface area contributed by atoms with E-state index < -0.39 is 0 Å². The highest BCUT2D eigenvalue weighted by atomic mass is 15.1. The number of fused-ring (bicyclic) bond motifs is 1. The van der Waals surface area contributed by atoms with Crippen LogP contribution in [0.25, 0.3) is 0 Å². The van der Waals surface area contributed by atoms with E-state index in [0.717, 1.165) is 38.3 Å². The molecule has 0 radical (unpaired) electrons. The van der Waals surface area contributed by atoms with Gasteiger partial charge < -0.3 is 10.2 Å². The third kappa shape index (κ3) is 3.06. The third-order valence-electron chi connectivity index (χ3n) is 3.34. The van der Waals surface area contributed by atoms with Crippen LogP contribution in [-0.2, 0) is 19.4 Å². The second-order valence-corrected chi connectivity index (χ2v) is 5.59. The van der Waals surface area contributed by atoms with Crippen LogP contribution in [0.4, 0.5) is 0 Å². The van der Waals surface area contributed by atoms with Gasteiger partial charge in [0.15, 0.2) is 0 Å². The van der Waals surface area contributed by atoms with Gasteiger partial charge in [-0.2, -0.15) is 0 Å². The fraction of sp³-hybridized carbons (Fsp3) is 0.714. The van der Waals surface area contributed by atoms with Crippen molar-refractivity contribution < 1.29 is 0 Å². The van der Waals surface area contributed by atoms with Crippen LogP contribution in [0.3, 0.4) is 0 Å². The van der Waals surface area contributed by atoms with Crippen LogP contribution in [0.5, 0.6) is 0 Å². The highest BCUT2D eigenvalue weighted by Crippen LogP contribution is 2.22. The van der Waals surface area contributed by atoms with Crippen molar-refractivity contribution in [1.82, 2.24) is 20.2 Å². The third-order valence-corrected chi connectivity index (χ3v) is 3.34. The summed E-state index contributed by atoms with van der Waals surface area (Å²) in [4.78, 5) is 11.7. The van der Waals surface area contributed by atoms with E-state index in [1.54, 1.807) is 0 Å². The first-order chi connectivity index (χ1) is 8.58. The highest BCUT2D eigenvalue weighted by Gasteiger charge is 2.19. The molecular formula is C14H24N4. The zero-order chi connectivity index (χ0) is 13.1. The predicted molar refractivity (Wildman–Crippen MR) is 73.8 cm³/mol. The van der Waals surface area contributed by atoms with Crippen molar-refractivity contribution >= 4 is 0 Å². The lowest BCUT2D eigenvalue weighted by Gasteiger charge is -2.22. The molecule has 4 nitrogen and oxygen atoms in total. The molecule has 1 aromatic rings. The maximum absolute atomic E-state index is 4.78.